The Balaban J connectivity index is 1.57. The Hall–Kier alpha value is -4.11. The van der Waals surface area contributed by atoms with E-state index in [1.807, 2.05) is 48.8 Å². The predicted molar refractivity (Wildman–Crippen MR) is 138 cm³/mol. The van der Waals surface area contributed by atoms with Gasteiger partial charge in [-0.15, -0.1) is 0 Å². The van der Waals surface area contributed by atoms with Gasteiger partial charge in [-0.05, 0) is 72.2 Å². The van der Waals surface area contributed by atoms with Gasteiger partial charge in [-0.2, -0.15) is 0 Å². The molecule has 0 aliphatic carbocycles. The quantitative estimate of drug-likeness (QED) is 0.266. The van der Waals surface area contributed by atoms with E-state index in [4.69, 9.17) is 4.98 Å². The van der Waals surface area contributed by atoms with Crippen LogP contribution in [0.3, 0.4) is 0 Å². The van der Waals surface area contributed by atoms with Gasteiger partial charge in [0.1, 0.15) is 0 Å². The summed E-state index contributed by atoms with van der Waals surface area (Å²) in [5.41, 5.74) is 8.80. The molecule has 0 amide bonds. The van der Waals surface area contributed by atoms with Gasteiger partial charge in [0.15, 0.2) is 0 Å². The molecule has 5 aromatic rings. The number of hydrogen-bond acceptors (Lipinski definition) is 3. The lowest BCUT2D eigenvalue weighted by molar-refractivity contribution is 0.916. The second kappa shape index (κ2) is 10.7. The van der Waals surface area contributed by atoms with E-state index < -0.39 is 0 Å². The summed E-state index contributed by atoms with van der Waals surface area (Å²) >= 11 is 0. The first-order chi connectivity index (χ1) is 16.9. The van der Waals surface area contributed by atoms with Crippen molar-refractivity contribution in [3.05, 3.63) is 138 Å². The van der Waals surface area contributed by atoms with Crippen LogP contribution in [0.15, 0.2) is 116 Å². The monoisotopic (exact) mass is 441 g/mol. The molecule has 34 heavy (non-hydrogen) atoms. The average molecular weight is 442 g/mol. The van der Waals surface area contributed by atoms with Crippen molar-refractivity contribution >= 4 is 0 Å². The molecule has 0 fully saturated rings. The smallest absolute Gasteiger partial charge is 0.0926 e. The summed E-state index contributed by atoms with van der Waals surface area (Å²) < 4.78 is 0. The van der Waals surface area contributed by atoms with Gasteiger partial charge in [0.25, 0.3) is 0 Å². The maximum atomic E-state index is 5.21. The van der Waals surface area contributed by atoms with E-state index in [1.165, 1.54) is 22.3 Å². The summed E-state index contributed by atoms with van der Waals surface area (Å²) in [6.45, 7) is 0. The van der Waals surface area contributed by atoms with Crippen LogP contribution in [0.2, 0.25) is 0 Å². The zero-order chi connectivity index (χ0) is 23.0. The summed E-state index contributed by atoms with van der Waals surface area (Å²) in [5.74, 6) is 0. The molecule has 2 aromatic carbocycles. The minimum atomic E-state index is 0.900. The molecule has 0 unspecified atom stereocenters. The van der Waals surface area contributed by atoms with Crippen molar-refractivity contribution in [2.24, 2.45) is 0 Å². The Kier molecular flexibility index (Phi) is 6.82. The number of pyridine rings is 3. The summed E-state index contributed by atoms with van der Waals surface area (Å²) in [5, 5.41) is 0. The average Bonchev–Trinajstić information content (AvgIpc) is 2.92. The molecule has 3 heteroatoms. The van der Waals surface area contributed by atoms with Gasteiger partial charge in [0.05, 0.1) is 22.8 Å². The van der Waals surface area contributed by atoms with E-state index >= 15 is 0 Å². The van der Waals surface area contributed by atoms with Gasteiger partial charge in [-0.1, -0.05) is 78.9 Å². The number of aryl methyl sites for hydroxylation is 4. The molecule has 0 spiro atoms. The van der Waals surface area contributed by atoms with E-state index in [9.17, 15) is 0 Å². The van der Waals surface area contributed by atoms with Gasteiger partial charge < -0.3 is 0 Å². The molecule has 3 heterocycles. The predicted octanol–water partition coefficient (Wildman–Crippen LogP) is 6.78. The first kappa shape index (κ1) is 21.7. The standard InChI is InChI=1S/C31H27N3/c1-3-11-24(12-4-1)17-19-26-23-27(20-18-25-13-5-2-6-14-25)31(29-16-8-10-22-33-29)34-30(26)28-15-7-9-21-32-28/h1-16,21-23H,17-20H2. The van der Waals surface area contributed by atoms with Crippen LogP contribution in [0.25, 0.3) is 22.8 Å². The van der Waals surface area contributed by atoms with Crippen molar-refractivity contribution in [2.75, 3.05) is 0 Å². The van der Waals surface area contributed by atoms with E-state index in [0.29, 0.717) is 0 Å². The summed E-state index contributed by atoms with van der Waals surface area (Å²) in [6.07, 6.45) is 7.41. The van der Waals surface area contributed by atoms with Crippen LogP contribution in [0, 0.1) is 0 Å². The van der Waals surface area contributed by atoms with Crippen LogP contribution in [0.1, 0.15) is 22.3 Å². The van der Waals surface area contributed by atoms with Crippen LogP contribution in [-0.2, 0) is 25.7 Å². The number of nitrogens with zero attached hydrogens (tertiary/aromatic N) is 3. The highest BCUT2D eigenvalue weighted by Crippen LogP contribution is 2.29. The largest absolute Gasteiger partial charge is 0.255 e. The highest BCUT2D eigenvalue weighted by Gasteiger charge is 2.16. The fraction of sp³-hybridized carbons (Fsp3) is 0.129. The number of aromatic nitrogens is 3. The molecular formula is C31H27N3. The van der Waals surface area contributed by atoms with Crippen molar-refractivity contribution in [3.63, 3.8) is 0 Å². The van der Waals surface area contributed by atoms with Gasteiger partial charge in [-0.3, -0.25) is 9.97 Å². The Morgan fingerprint density at radius 2 is 0.882 bits per heavy atom. The third-order valence-corrected chi connectivity index (χ3v) is 6.05. The molecule has 3 nitrogen and oxygen atoms in total. The van der Waals surface area contributed by atoms with E-state index in [1.54, 1.807) is 0 Å². The lowest BCUT2D eigenvalue weighted by Gasteiger charge is -2.16. The lowest BCUT2D eigenvalue weighted by atomic mass is 9.95. The molecule has 0 aliphatic heterocycles. The van der Waals surface area contributed by atoms with Gasteiger partial charge in [0.2, 0.25) is 0 Å². The number of hydrogen-bond donors (Lipinski definition) is 0. The van der Waals surface area contributed by atoms with Crippen molar-refractivity contribution in [1.82, 2.24) is 15.0 Å². The fourth-order valence-corrected chi connectivity index (χ4v) is 4.28. The molecule has 0 aliphatic rings. The minimum Gasteiger partial charge on any atom is -0.255 e. The highest BCUT2D eigenvalue weighted by molar-refractivity contribution is 5.68. The molecule has 0 bridgehead atoms. The maximum Gasteiger partial charge on any atom is 0.0926 e. The van der Waals surface area contributed by atoms with Crippen LogP contribution in [0.4, 0.5) is 0 Å². The second-order valence-corrected chi connectivity index (χ2v) is 8.40. The number of rotatable bonds is 8. The van der Waals surface area contributed by atoms with Crippen LogP contribution >= 0.6 is 0 Å². The van der Waals surface area contributed by atoms with Gasteiger partial charge in [-0.25, -0.2) is 4.98 Å². The third-order valence-electron chi connectivity index (χ3n) is 6.05. The normalized spacial score (nSPS) is 10.8. The number of benzene rings is 2. The van der Waals surface area contributed by atoms with E-state index in [0.717, 1.165) is 48.5 Å². The van der Waals surface area contributed by atoms with Crippen molar-refractivity contribution < 1.29 is 0 Å². The second-order valence-electron chi connectivity index (χ2n) is 8.40. The molecule has 166 valence electrons. The van der Waals surface area contributed by atoms with Crippen LogP contribution in [-0.4, -0.2) is 15.0 Å². The Bertz CT molecular complexity index is 1220. The Morgan fingerprint density at radius 3 is 1.29 bits per heavy atom. The molecule has 3 aromatic heterocycles. The SMILES string of the molecule is c1ccc(CCc2cc(CCc3ccccc3)c(-c3ccccn3)nc2-c2ccccn2)cc1. The van der Waals surface area contributed by atoms with Gasteiger partial charge >= 0.3 is 0 Å². The van der Waals surface area contributed by atoms with Crippen LogP contribution in [0.5, 0.6) is 0 Å². The maximum absolute atomic E-state index is 5.21. The van der Waals surface area contributed by atoms with Crippen molar-refractivity contribution in [1.29, 1.82) is 0 Å². The van der Waals surface area contributed by atoms with E-state index in [2.05, 4.69) is 76.7 Å². The molecule has 5 rings (SSSR count). The Morgan fingerprint density at radius 1 is 0.441 bits per heavy atom. The fourth-order valence-electron chi connectivity index (χ4n) is 4.28. The molecule has 0 atom stereocenters. The summed E-state index contributed by atoms with van der Waals surface area (Å²) in [6, 6.07) is 35.6. The summed E-state index contributed by atoms with van der Waals surface area (Å²) in [4.78, 5) is 14.5. The third kappa shape index (κ3) is 5.26. The highest BCUT2D eigenvalue weighted by atomic mass is 14.8. The van der Waals surface area contributed by atoms with Crippen molar-refractivity contribution in [3.8, 4) is 22.8 Å². The minimum absolute atomic E-state index is 0.900. The van der Waals surface area contributed by atoms with Gasteiger partial charge in [0, 0.05) is 12.4 Å². The molecule has 0 saturated carbocycles. The molecular weight excluding hydrogens is 414 g/mol. The molecule has 0 radical (unpaired) electrons. The van der Waals surface area contributed by atoms with E-state index in [-0.39, 0.29) is 0 Å². The zero-order valence-corrected chi connectivity index (χ0v) is 19.1. The van der Waals surface area contributed by atoms with Crippen LogP contribution < -0.4 is 0 Å². The van der Waals surface area contributed by atoms with Crippen molar-refractivity contribution in [2.45, 2.75) is 25.7 Å². The topological polar surface area (TPSA) is 38.7 Å². The zero-order valence-electron chi connectivity index (χ0n) is 19.1. The first-order valence-corrected chi connectivity index (χ1v) is 11.8. The Labute approximate surface area is 201 Å². The summed E-state index contributed by atoms with van der Waals surface area (Å²) in [7, 11) is 0. The molecule has 0 saturated heterocycles. The first-order valence-electron chi connectivity index (χ1n) is 11.8. The lowest BCUT2D eigenvalue weighted by Crippen LogP contribution is -2.05. The molecule has 0 N–H and O–H groups in total.